The van der Waals surface area contributed by atoms with E-state index >= 15 is 0 Å². The van der Waals surface area contributed by atoms with Gasteiger partial charge in [-0.25, -0.2) is 4.79 Å². The molecule has 1 aromatic heterocycles. The predicted molar refractivity (Wildman–Crippen MR) is 76.3 cm³/mol. The second-order valence-electron chi connectivity index (χ2n) is 6.20. The van der Waals surface area contributed by atoms with Gasteiger partial charge in [0.05, 0.1) is 18.0 Å². The maximum absolute atomic E-state index is 12.3. The van der Waals surface area contributed by atoms with Crippen molar-refractivity contribution in [2.24, 2.45) is 17.8 Å². The minimum Gasteiger partial charge on any atom is -0.461 e. The Balaban J connectivity index is 1.65. The third kappa shape index (κ3) is 2.19. The van der Waals surface area contributed by atoms with E-state index in [1.807, 2.05) is 13.8 Å². The van der Waals surface area contributed by atoms with Gasteiger partial charge in [-0.15, -0.1) is 0 Å². The highest BCUT2D eigenvalue weighted by Gasteiger charge is 2.40. The lowest BCUT2D eigenvalue weighted by molar-refractivity contribution is 0.0381. The van der Waals surface area contributed by atoms with Gasteiger partial charge in [0.1, 0.15) is 0 Å². The Morgan fingerprint density at radius 1 is 1.45 bits per heavy atom. The Labute approximate surface area is 119 Å². The van der Waals surface area contributed by atoms with E-state index in [-0.39, 0.29) is 5.97 Å². The molecule has 1 aromatic rings. The first-order valence-electron chi connectivity index (χ1n) is 7.60. The van der Waals surface area contributed by atoms with Gasteiger partial charge in [0.2, 0.25) is 0 Å². The van der Waals surface area contributed by atoms with Gasteiger partial charge in [-0.3, -0.25) is 4.68 Å². The molecule has 2 fully saturated rings. The molecule has 0 saturated heterocycles. The number of esters is 1. The van der Waals surface area contributed by atoms with Gasteiger partial charge in [0.25, 0.3) is 0 Å². The molecule has 3 atom stereocenters. The largest absolute Gasteiger partial charge is 0.461 e. The number of anilines is 1. The maximum Gasteiger partial charge on any atom is 0.358 e. The summed E-state index contributed by atoms with van der Waals surface area (Å²) in [4.78, 5) is 12.3. The molecular formula is C15H23N3O2. The van der Waals surface area contributed by atoms with E-state index in [2.05, 4.69) is 5.10 Å². The molecule has 1 heterocycles. The smallest absolute Gasteiger partial charge is 0.358 e. The summed E-state index contributed by atoms with van der Waals surface area (Å²) in [5.41, 5.74) is 7.49. The van der Waals surface area contributed by atoms with Crippen LogP contribution in [-0.4, -0.2) is 22.4 Å². The summed E-state index contributed by atoms with van der Waals surface area (Å²) in [5.74, 6) is 1.87. The molecule has 2 aliphatic rings. The summed E-state index contributed by atoms with van der Waals surface area (Å²) in [6, 6.07) is 0. The standard InChI is InChI=1S/C15H23N3O2/c1-3-18-14(13(16)9(2)17-18)15(19)20-8-12-7-10-4-5-11(12)6-10/h10-12H,3-8,16H2,1-2H3. The van der Waals surface area contributed by atoms with Crippen molar-refractivity contribution in [3.05, 3.63) is 11.4 Å². The Kier molecular flexibility index (Phi) is 3.44. The molecule has 20 heavy (non-hydrogen) atoms. The highest BCUT2D eigenvalue weighted by atomic mass is 16.5. The number of hydrogen-bond acceptors (Lipinski definition) is 4. The van der Waals surface area contributed by atoms with Gasteiger partial charge >= 0.3 is 5.97 Å². The number of aromatic nitrogens is 2. The van der Waals surface area contributed by atoms with Crippen LogP contribution < -0.4 is 5.73 Å². The molecule has 3 unspecified atom stereocenters. The highest BCUT2D eigenvalue weighted by Crippen LogP contribution is 2.48. The molecule has 3 rings (SSSR count). The van der Waals surface area contributed by atoms with Crippen LogP contribution in [0.25, 0.3) is 0 Å². The number of nitrogen functional groups attached to an aromatic ring is 1. The molecule has 0 spiro atoms. The zero-order chi connectivity index (χ0) is 14.3. The summed E-state index contributed by atoms with van der Waals surface area (Å²) < 4.78 is 7.15. The number of carbonyl (C=O) groups is 1. The summed E-state index contributed by atoms with van der Waals surface area (Å²) in [7, 11) is 0. The van der Waals surface area contributed by atoms with Crippen LogP contribution in [0.1, 0.15) is 48.8 Å². The van der Waals surface area contributed by atoms with Gasteiger partial charge < -0.3 is 10.5 Å². The molecule has 0 radical (unpaired) electrons. The monoisotopic (exact) mass is 277 g/mol. The molecule has 2 saturated carbocycles. The Morgan fingerprint density at radius 2 is 2.25 bits per heavy atom. The van der Waals surface area contributed by atoms with E-state index in [1.165, 1.54) is 25.7 Å². The topological polar surface area (TPSA) is 70.1 Å². The molecule has 5 nitrogen and oxygen atoms in total. The Bertz CT molecular complexity index is 523. The van der Waals surface area contributed by atoms with Crippen LogP contribution in [0.2, 0.25) is 0 Å². The summed E-state index contributed by atoms with van der Waals surface area (Å²) in [6.45, 7) is 4.91. The van der Waals surface area contributed by atoms with Crippen LogP contribution in [0.3, 0.4) is 0 Å². The minimum atomic E-state index is -0.326. The number of hydrogen-bond donors (Lipinski definition) is 1. The minimum absolute atomic E-state index is 0.326. The number of rotatable bonds is 4. The molecule has 0 aromatic carbocycles. The van der Waals surface area contributed by atoms with Crippen molar-refractivity contribution in [3.8, 4) is 0 Å². The zero-order valence-corrected chi connectivity index (χ0v) is 12.3. The van der Waals surface area contributed by atoms with E-state index < -0.39 is 0 Å². The molecular weight excluding hydrogens is 254 g/mol. The van der Waals surface area contributed by atoms with Crippen molar-refractivity contribution in [2.45, 2.75) is 46.1 Å². The van der Waals surface area contributed by atoms with Crippen molar-refractivity contribution in [3.63, 3.8) is 0 Å². The van der Waals surface area contributed by atoms with Crippen molar-refractivity contribution in [1.29, 1.82) is 0 Å². The third-order valence-electron chi connectivity index (χ3n) is 4.98. The van der Waals surface area contributed by atoms with Crippen LogP contribution in [0.4, 0.5) is 5.69 Å². The average Bonchev–Trinajstić information content (AvgIpc) is 3.12. The number of nitrogens with zero attached hydrogens (tertiary/aromatic N) is 2. The van der Waals surface area contributed by atoms with Crippen molar-refractivity contribution in [2.75, 3.05) is 12.3 Å². The van der Waals surface area contributed by atoms with Crippen LogP contribution in [0, 0.1) is 24.7 Å². The maximum atomic E-state index is 12.3. The summed E-state index contributed by atoms with van der Waals surface area (Å²) >= 11 is 0. The molecule has 2 N–H and O–H groups in total. The van der Waals surface area contributed by atoms with E-state index in [9.17, 15) is 4.79 Å². The lowest BCUT2D eigenvalue weighted by Crippen LogP contribution is -2.21. The molecule has 5 heteroatoms. The Morgan fingerprint density at radius 3 is 2.85 bits per heavy atom. The SMILES string of the molecule is CCn1nc(C)c(N)c1C(=O)OCC1CC2CCC1C2. The number of nitrogens with two attached hydrogens (primary N) is 1. The van der Waals surface area contributed by atoms with Crippen LogP contribution >= 0.6 is 0 Å². The fourth-order valence-electron chi connectivity index (χ4n) is 3.87. The highest BCUT2D eigenvalue weighted by molar-refractivity contribution is 5.93. The summed E-state index contributed by atoms with van der Waals surface area (Å²) in [5, 5.41) is 4.26. The fourth-order valence-corrected chi connectivity index (χ4v) is 3.87. The second-order valence-corrected chi connectivity index (χ2v) is 6.20. The van der Waals surface area contributed by atoms with E-state index in [0.717, 1.165) is 11.8 Å². The Hall–Kier alpha value is -1.52. The van der Waals surface area contributed by atoms with E-state index in [1.54, 1.807) is 4.68 Å². The van der Waals surface area contributed by atoms with Crippen LogP contribution in [0.5, 0.6) is 0 Å². The van der Waals surface area contributed by atoms with Gasteiger partial charge in [0, 0.05) is 6.54 Å². The molecule has 0 aliphatic heterocycles. The second kappa shape index (κ2) is 5.11. The molecule has 0 amide bonds. The predicted octanol–water partition coefficient (Wildman–Crippen LogP) is 2.39. The molecule has 110 valence electrons. The number of ether oxygens (including phenoxy) is 1. The first-order chi connectivity index (χ1) is 9.60. The van der Waals surface area contributed by atoms with Crippen LogP contribution in [0.15, 0.2) is 0 Å². The lowest BCUT2D eigenvalue weighted by atomic mass is 9.90. The average molecular weight is 277 g/mol. The van der Waals surface area contributed by atoms with E-state index in [0.29, 0.717) is 36.1 Å². The van der Waals surface area contributed by atoms with Gasteiger partial charge in [-0.05, 0) is 50.9 Å². The van der Waals surface area contributed by atoms with Crippen molar-refractivity contribution >= 4 is 11.7 Å². The molecule has 2 aliphatic carbocycles. The van der Waals surface area contributed by atoms with E-state index in [4.69, 9.17) is 10.5 Å². The van der Waals surface area contributed by atoms with Gasteiger partial charge in [-0.2, -0.15) is 5.10 Å². The quantitative estimate of drug-likeness (QED) is 0.858. The van der Waals surface area contributed by atoms with Crippen molar-refractivity contribution in [1.82, 2.24) is 9.78 Å². The molecule has 2 bridgehead atoms. The number of carbonyl (C=O) groups excluding carboxylic acids is 1. The third-order valence-corrected chi connectivity index (χ3v) is 4.98. The first kappa shape index (κ1) is 13.5. The normalized spacial score (nSPS) is 28.0. The van der Waals surface area contributed by atoms with Gasteiger partial charge in [-0.1, -0.05) is 6.42 Å². The van der Waals surface area contributed by atoms with Crippen LogP contribution in [-0.2, 0) is 11.3 Å². The van der Waals surface area contributed by atoms with Gasteiger partial charge in [0.15, 0.2) is 5.69 Å². The number of fused-ring (bicyclic) bond motifs is 2. The lowest BCUT2D eigenvalue weighted by Gasteiger charge is -2.21. The summed E-state index contributed by atoms with van der Waals surface area (Å²) in [6.07, 6.45) is 5.22. The number of aryl methyl sites for hydroxylation is 2. The first-order valence-corrected chi connectivity index (χ1v) is 7.60. The zero-order valence-electron chi connectivity index (χ0n) is 12.3. The van der Waals surface area contributed by atoms with Crippen molar-refractivity contribution < 1.29 is 9.53 Å². The fraction of sp³-hybridized carbons (Fsp3) is 0.733.